The third kappa shape index (κ3) is 6.07. The zero-order valence-corrected chi connectivity index (χ0v) is 21.4. The van der Waals surface area contributed by atoms with Gasteiger partial charge in [0.25, 0.3) is 5.91 Å². The van der Waals surface area contributed by atoms with Crippen LogP contribution >= 0.6 is 0 Å². The normalized spacial score (nSPS) is 17.8. The van der Waals surface area contributed by atoms with E-state index in [1.54, 1.807) is 18.2 Å². The Balaban J connectivity index is 1.38. The van der Waals surface area contributed by atoms with E-state index < -0.39 is 45.5 Å². The summed E-state index contributed by atoms with van der Waals surface area (Å²) >= 11 is 0. The van der Waals surface area contributed by atoms with Crippen molar-refractivity contribution in [1.29, 1.82) is 0 Å². The van der Waals surface area contributed by atoms with Gasteiger partial charge >= 0.3 is 5.92 Å². The Morgan fingerprint density at radius 1 is 1.16 bits per heavy atom. The number of amides is 3. The molecule has 0 radical (unpaired) electrons. The predicted molar refractivity (Wildman–Crippen MR) is 131 cm³/mol. The van der Waals surface area contributed by atoms with Crippen molar-refractivity contribution in [3.63, 3.8) is 0 Å². The summed E-state index contributed by atoms with van der Waals surface area (Å²) in [6, 6.07) is 8.87. The molecular weight excluding hydrogens is 522 g/mol. The summed E-state index contributed by atoms with van der Waals surface area (Å²) in [6.07, 6.45) is 0.944. The molecule has 0 saturated carbocycles. The SMILES string of the molecule is CS(=O)(=O)CCOc1cccc(C(F)(F)C(=O)CCc2ccc3c(c2)CN(C2CCC(=O)NC2=O)C3=O)c1. The number of ether oxygens (including phenoxy) is 1. The minimum atomic E-state index is -3.79. The molecule has 0 aromatic heterocycles. The van der Waals surface area contributed by atoms with Crippen LogP contribution in [0.1, 0.15) is 46.3 Å². The van der Waals surface area contributed by atoms with Gasteiger partial charge in [-0.05, 0) is 42.2 Å². The van der Waals surface area contributed by atoms with E-state index in [-0.39, 0.29) is 55.7 Å². The van der Waals surface area contributed by atoms with E-state index in [9.17, 15) is 36.4 Å². The summed E-state index contributed by atoms with van der Waals surface area (Å²) in [5.41, 5.74) is 1.04. The highest BCUT2D eigenvalue weighted by molar-refractivity contribution is 7.90. The second kappa shape index (κ2) is 10.6. The number of benzene rings is 2. The van der Waals surface area contributed by atoms with Crippen LogP contribution in [0.5, 0.6) is 5.75 Å². The second-order valence-corrected chi connectivity index (χ2v) is 11.7. The topological polar surface area (TPSA) is 127 Å². The van der Waals surface area contributed by atoms with E-state index >= 15 is 0 Å². The highest BCUT2D eigenvalue weighted by Crippen LogP contribution is 2.33. The van der Waals surface area contributed by atoms with Gasteiger partial charge in [-0.2, -0.15) is 8.78 Å². The van der Waals surface area contributed by atoms with E-state index in [0.717, 1.165) is 18.4 Å². The first-order chi connectivity index (χ1) is 17.8. The molecule has 1 fully saturated rings. The van der Waals surface area contributed by atoms with E-state index in [1.165, 1.54) is 17.0 Å². The number of hydrogen-bond donors (Lipinski definition) is 1. The van der Waals surface area contributed by atoms with Crippen molar-refractivity contribution < 1.29 is 41.1 Å². The molecule has 2 aliphatic heterocycles. The highest BCUT2D eigenvalue weighted by Gasteiger charge is 2.41. The smallest absolute Gasteiger partial charge is 0.330 e. The summed E-state index contributed by atoms with van der Waals surface area (Å²) in [5.74, 6) is -6.58. The van der Waals surface area contributed by atoms with Gasteiger partial charge < -0.3 is 9.64 Å². The van der Waals surface area contributed by atoms with Gasteiger partial charge in [0.2, 0.25) is 17.6 Å². The van der Waals surface area contributed by atoms with Crippen LogP contribution in [-0.4, -0.2) is 61.5 Å². The maximum absolute atomic E-state index is 14.9. The molecule has 38 heavy (non-hydrogen) atoms. The minimum absolute atomic E-state index is 0.0128. The molecule has 0 aliphatic carbocycles. The number of fused-ring (bicyclic) bond motifs is 1. The Kier molecular flexibility index (Phi) is 7.63. The number of rotatable bonds is 10. The van der Waals surface area contributed by atoms with Gasteiger partial charge in [-0.25, -0.2) is 8.42 Å². The molecule has 2 aliphatic rings. The minimum Gasteiger partial charge on any atom is -0.493 e. The third-order valence-corrected chi connectivity index (χ3v) is 7.41. The summed E-state index contributed by atoms with van der Waals surface area (Å²) in [5, 5.41) is 2.23. The first-order valence-electron chi connectivity index (χ1n) is 11.9. The van der Waals surface area contributed by atoms with Crippen LogP contribution < -0.4 is 10.1 Å². The van der Waals surface area contributed by atoms with Crippen molar-refractivity contribution in [2.45, 2.75) is 44.2 Å². The molecule has 1 atom stereocenters. The Morgan fingerprint density at radius 3 is 2.63 bits per heavy atom. The fourth-order valence-corrected chi connectivity index (χ4v) is 4.84. The maximum Gasteiger partial charge on any atom is 0.330 e. The van der Waals surface area contributed by atoms with E-state index in [2.05, 4.69) is 5.32 Å². The summed E-state index contributed by atoms with van der Waals surface area (Å²) in [7, 11) is -3.28. The Labute approximate surface area is 218 Å². The molecule has 1 N–H and O–H groups in total. The molecule has 2 aromatic carbocycles. The van der Waals surface area contributed by atoms with Crippen molar-refractivity contribution in [2.24, 2.45) is 0 Å². The lowest BCUT2D eigenvalue weighted by Crippen LogP contribution is -2.52. The van der Waals surface area contributed by atoms with Crippen LogP contribution in [0.2, 0.25) is 0 Å². The van der Waals surface area contributed by atoms with Gasteiger partial charge in [-0.3, -0.25) is 24.5 Å². The van der Waals surface area contributed by atoms with Gasteiger partial charge in [0.05, 0.1) is 5.75 Å². The number of imide groups is 1. The molecule has 2 heterocycles. The number of nitrogens with one attached hydrogen (secondary N) is 1. The standard InChI is InChI=1S/C26H26F2N2O7S/c1-38(35,36)12-11-37-19-4-2-3-18(14-19)26(27,28)22(31)9-6-16-5-7-20-17(13-16)15-30(25(20)34)21-8-10-23(32)29-24(21)33/h2-5,7,13-14,21H,6,8-12,15H2,1H3,(H,29,32,33). The lowest BCUT2D eigenvalue weighted by molar-refractivity contribution is -0.144. The number of ketones is 1. The van der Waals surface area contributed by atoms with Crippen molar-refractivity contribution in [3.05, 3.63) is 64.7 Å². The summed E-state index contributed by atoms with van der Waals surface area (Å²) < 4.78 is 57.5. The molecule has 2 aromatic rings. The van der Waals surface area contributed by atoms with Gasteiger partial charge in [-0.15, -0.1) is 0 Å². The number of nitrogens with zero attached hydrogens (tertiary/aromatic N) is 1. The average Bonchev–Trinajstić information content (AvgIpc) is 3.17. The number of hydrogen-bond acceptors (Lipinski definition) is 7. The van der Waals surface area contributed by atoms with Crippen LogP contribution in [0.25, 0.3) is 0 Å². The quantitative estimate of drug-likeness (QED) is 0.451. The lowest BCUT2D eigenvalue weighted by atomic mass is 9.97. The molecule has 1 unspecified atom stereocenters. The van der Waals surface area contributed by atoms with Gasteiger partial charge in [-0.1, -0.05) is 24.3 Å². The number of carbonyl (C=O) groups is 4. The molecule has 12 heteroatoms. The zero-order valence-electron chi connectivity index (χ0n) is 20.5. The number of carbonyl (C=O) groups excluding carboxylic acids is 4. The fraction of sp³-hybridized carbons (Fsp3) is 0.385. The largest absolute Gasteiger partial charge is 0.493 e. The number of alkyl halides is 2. The average molecular weight is 549 g/mol. The van der Waals surface area contributed by atoms with E-state index in [1.807, 2.05) is 0 Å². The van der Waals surface area contributed by atoms with Crippen molar-refractivity contribution in [2.75, 3.05) is 18.6 Å². The van der Waals surface area contributed by atoms with E-state index in [0.29, 0.717) is 16.7 Å². The van der Waals surface area contributed by atoms with E-state index in [4.69, 9.17) is 4.74 Å². The Bertz CT molecular complexity index is 1410. The molecular formula is C26H26F2N2O7S. The monoisotopic (exact) mass is 548 g/mol. The lowest BCUT2D eigenvalue weighted by Gasteiger charge is -2.29. The third-order valence-electron chi connectivity index (χ3n) is 6.50. The Morgan fingerprint density at radius 2 is 1.92 bits per heavy atom. The highest BCUT2D eigenvalue weighted by atomic mass is 32.2. The van der Waals surface area contributed by atoms with Crippen LogP contribution in [0.4, 0.5) is 8.78 Å². The number of piperidine rings is 1. The molecule has 9 nitrogen and oxygen atoms in total. The molecule has 1 saturated heterocycles. The van der Waals surface area contributed by atoms with Crippen molar-refractivity contribution in [1.82, 2.24) is 10.2 Å². The molecule has 0 bridgehead atoms. The number of aryl methyl sites for hydroxylation is 1. The number of sulfone groups is 1. The van der Waals surface area contributed by atoms with Crippen LogP contribution in [0.15, 0.2) is 42.5 Å². The van der Waals surface area contributed by atoms with Crippen LogP contribution in [-0.2, 0) is 43.1 Å². The van der Waals surface area contributed by atoms with Crippen molar-refractivity contribution in [3.8, 4) is 5.75 Å². The van der Waals surface area contributed by atoms with Crippen LogP contribution in [0.3, 0.4) is 0 Å². The fourth-order valence-electron chi connectivity index (χ4n) is 4.45. The maximum atomic E-state index is 14.9. The first-order valence-corrected chi connectivity index (χ1v) is 14.0. The van der Waals surface area contributed by atoms with Gasteiger partial charge in [0.1, 0.15) is 18.4 Å². The van der Waals surface area contributed by atoms with Crippen molar-refractivity contribution >= 4 is 33.3 Å². The molecule has 3 amide bonds. The van der Waals surface area contributed by atoms with Gasteiger partial charge in [0.15, 0.2) is 9.84 Å². The van der Waals surface area contributed by atoms with Crippen LogP contribution in [0, 0.1) is 0 Å². The first kappa shape index (κ1) is 27.4. The second-order valence-electron chi connectivity index (χ2n) is 9.40. The predicted octanol–water partition coefficient (Wildman–Crippen LogP) is 2.16. The molecule has 0 spiro atoms. The molecule has 4 rings (SSSR count). The molecule has 202 valence electrons. The Hall–Kier alpha value is -3.67. The number of Topliss-reactive ketones (excluding diaryl/α,β-unsaturated/α-hetero) is 1. The number of halogens is 2. The summed E-state index contributed by atoms with van der Waals surface area (Å²) in [6.45, 7) is -0.0614. The zero-order chi connectivity index (χ0) is 27.7. The summed E-state index contributed by atoms with van der Waals surface area (Å²) in [4.78, 5) is 50.3. The van der Waals surface area contributed by atoms with Gasteiger partial charge in [0, 0.05) is 36.8 Å².